The van der Waals surface area contributed by atoms with Crippen molar-refractivity contribution in [1.29, 1.82) is 0 Å². The molecule has 2 aliphatic rings. The zero-order valence-corrected chi connectivity index (χ0v) is 14.8. The van der Waals surface area contributed by atoms with Gasteiger partial charge in [0.05, 0.1) is 17.3 Å². The van der Waals surface area contributed by atoms with Crippen LogP contribution < -0.4 is 5.46 Å². The van der Waals surface area contributed by atoms with Gasteiger partial charge in [-0.2, -0.15) is 0 Å². The number of ether oxygens (including phenoxy) is 1. The van der Waals surface area contributed by atoms with Gasteiger partial charge in [-0.15, -0.1) is 0 Å². The van der Waals surface area contributed by atoms with Crippen LogP contribution in [0.2, 0.25) is 0 Å². The lowest BCUT2D eigenvalue weighted by Gasteiger charge is -2.32. The summed E-state index contributed by atoms with van der Waals surface area (Å²) in [7, 11) is -0.389. The maximum Gasteiger partial charge on any atom is 0.494 e. The van der Waals surface area contributed by atoms with Crippen LogP contribution in [0, 0.1) is 6.92 Å². The van der Waals surface area contributed by atoms with Gasteiger partial charge in [0, 0.05) is 6.61 Å². The molecule has 3 rings (SSSR count). The van der Waals surface area contributed by atoms with E-state index in [4.69, 9.17) is 14.0 Å². The highest BCUT2D eigenvalue weighted by Crippen LogP contribution is 2.37. The van der Waals surface area contributed by atoms with Crippen LogP contribution in [0.25, 0.3) is 0 Å². The van der Waals surface area contributed by atoms with Crippen molar-refractivity contribution in [1.82, 2.24) is 0 Å². The van der Waals surface area contributed by atoms with Gasteiger partial charge in [-0.05, 0) is 58.5 Å². The molecule has 0 aromatic heterocycles. The standard InChI is InChI=1S/C18H27BO4/c1-12-9-13(16-15(20)7-6-8-21-16)11-14(10-12)19-22-17(2,3)18(4,5)23-19/h9-11,15-16,20H,6-8H2,1-5H3. The summed E-state index contributed by atoms with van der Waals surface area (Å²) in [6.07, 6.45) is 0.986. The highest BCUT2D eigenvalue weighted by molar-refractivity contribution is 6.62. The molecule has 2 saturated heterocycles. The molecule has 0 bridgehead atoms. The molecule has 1 aromatic carbocycles. The summed E-state index contributed by atoms with van der Waals surface area (Å²) in [6, 6.07) is 6.21. The van der Waals surface area contributed by atoms with Crippen LogP contribution in [0.15, 0.2) is 18.2 Å². The quantitative estimate of drug-likeness (QED) is 0.851. The van der Waals surface area contributed by atoms with Crippen molar-refractivity contribution >= 4 is 12.6 Å². The van der Waals surface area contributed by atoms with E-state index in [9.17, 15) is 5.11 Å². The predicted molar refractivity (Wildman–Crippen MR) is 90.8 cm³/mol. The summed E-state index contributed by atoms with van der Waals surface area (Å²) in [6.45, 7) is 11.0. The Morgan fingerprint density at radius 3 is 2.35 bits per heavy atom. The van der Waals surface area contributed by atoms with E-state index >= 15 is 0 Å². The topological polar surface area (TPSA) is 47.9 Å². The van der Waals surface area contributed by atoms with Gasteiger partial charge in [0.25, 0.3) is 0 Å². The van der Waals surface area contributed by atoms with Crippen molar-refractivity contribution in [3.8, 4) is 0 Å². The van der Waals surface area contributed by atoms with Gasteiger partial charge in [-0.1, -0.05) is 23.8 Å². The molecular weight excluding hydrogens is 291 g/mol. The average Bonchev–Trinajstić information content (AvgIpc) is 2.67. The molecule has 2 heterocycles. The summed E-state index contributed by atoms with van der Waals surface area (Å²) < 4.78 is 18.1. The Hall–Kier alpha value is -0.875. The third-order valence-corrected chi connectivity index (χ3v) is 5.27. The molecule has 2 aliphatic heterocycles. The molecule has 5 heteroatoms. The molecule has 1 N–H and O–H groups in total. The molecule has 23 heavy (non-hydrogen) atoms. The summed E-state index contributed by atoms with van der Waals surface area (Å²) >= 11 is 0. The molecule has 0 amide bonds. The molecule has 0 aliphatic carbocycles. The number of benzene rings is 1. The first kappa shape index (κ1) is 17.0. The van der Waals surface area contributed by atoms with Gasteiger partial charge in [0.15, 0.2) is 0 Å². The molecule has 2 atom stereocenters. The Morgan fingerprint density at radius 2 is 1.74 bits per heavy atom. The fourth-order valence-electron chi connectivity index (χ4n) is 3.21. The van der Waals surface area contributed by atoms with Crippen LogP contribution in [0.1, 0.15) is 57.8 Å². The molecule has 4 nitrogen and oxygen atoms in total. The summed E-state index contributed by atoms with van der Waals surface area (Å²) in [5.74, 6) is 0. The average molecular weight is 318 g/mol. The summed E-state index contributed by atoms with van der Waals surface area (Å²) in [5, 5.41) is 10.2. The van der Waals surface area contributed by atoms with Crippen LogP contribution in [-0.2, 0) is 14.0 Å². The van der Waals surface area contributed by atoms with Crippen molar-refractivity contribution in [2.24, 2.45) is 0 Å². The first-order chi connectivity index (χ1) is 10.7. The van der Waals surface area contributed by atoms with Crippen molar-refractivity contribution < 1.29 is 19.2 Å². The van der Waals surface area contributed by atoms with Crippen LogP contribution in [0.5, 0.6) is 0 Å². The fourth-order valence-corrected chi connectivity index (χ4v) is 3.21. The fraction of sp³-hybridized carbons (Fsp3) is 0.667. The molecule has 0 saturated carbocycles. The number of aliphatic hydroxyl groups excluding tert-OH is 1. The smallest absolute Gasteiger partial charge is 0.399 e. The molecule has 0 spiro atoms. The summed E-state index contributed by atoms with van der Waals surface area (Å²) in [5.41, 5.74) is 2.39. The SMILES string of the molecule is Cc1cc(B2OC(C)(C)C(C)(C)O2)cc(C2OCCCC2O)c1. The van der Waals surface area contributed by atoms with Crippen LogP contribution >= 0.6 is 0 Å². The number of rotatable bonds is 2. The van der Waals surface area contributed by atoms with E-state index in [0.29, 0.717) is 6.61 Å². The van der Waals surface area contributed by atoms with E-state index in [1.165, 1.54) is 0 Å². The van der Waals surface area contributed by atoms with Gasteiger partial charge in [0.1, 0.15) is 6.10 Å². The Bertz CT molecular complexity index is 568. The minimum atomic E-state index is -0.448. The van der Waals surface area contributed by atoms with Gasteiger partial charge < -0.3 is 19.2 Å². The minimum absolute atomic E-state index is 0.259. The maximum absolute atomic E-state index is 10.2. The van der Waals surface area contributed by atoms with Crippen molar-refractivity contribution in [3.05, 3.63) is 29.3 Å². The first-order valence-electron chi connectivity index (χ1n) is 8.46. The van der Waals surface area contributed by atoms with Crippen LogP contribution in [-0.4, -0.2) is 36.1 Å². The van der Waals surface area contributed by atoms with Crippen molar-refractivity contribution in [2.45, 2.75) is 70.9 Å². The predicted octanol–water partition coefficient (Wildman–Crippen LogP) is 2.51. The van der Waals surface area contributed by atoms with Crippen LogP contribution in [0.3, 0.4) is 0 Å². The van der Waals surface area contributed by atoms with E-state index in [-0.39, 0.29) is 24.4 Å². The number of aliphatic hydroxyl groups is 1. The summed E-state index contributed by atoms with van der Waals surface area (Å²) in [4.78, 5) is 0. The maximum atomic E-state index is 10.2. The van der Waals surface area contributed by atoms with E-state index < -0.39 is 6.10 Å². The lowest BCUT2D eigenvalue weighted by molar-refractivity contribution is -0.0758. The van der Waals surface area contributed by atoms with E-state index in [1.807, 2.05) is 13.0 Å². The van der Waals surface area contributed by atoms with Crippen LogP contribution in [0.4, 0.5) is 0 Å². The third-order valence-electron chi connectivity index (χ3n) is 5.27. The molecular formula is C18H27BO4. The third kappa shape index (κ3) is 3.20. The number of hydrogen-bond donors (Lipinski definition) is 1. The molecule has 0 radical (unpaired) electrons. The monoisotopic (exact) mass is 318 g/mol. The van der Waals surface area contributed by atoms with E-state index in [2.05, 4.69) is 39.8 Å². The Morgan fingerprint density at radius 1 is 1.09 bits per heavy atom. The minimum Gasteiger partial charge on any atom is -0.399 e. The largest absolute Gasteiger partial charge is 0.494 e. The van der Waals surface area contributed by atoms with Gasteiger partial charge in [0.2, 0.25) is 0 Å². The molecule has 2 unspecified atom stereocenters. The second-order valence-corrected chi connectivity index (χ2v) is 7.77. The van der Waals surface area contributed by atoms with E-state index in [1.54, 1.807) is 0 Å². The molecule has 126 valence electrons. The Kier molecular flexibility index (Phi) is 4.34. The first-order valence-corrected chi connectivity index (χ1v) is 8.46. The highest BCUT2D eigenvalue weighted by Gasteiger charge is 2.51. The number of hydrogen-bond acceptors (Lipinski definition) is 4. The van der Waals surface area contributed by atoms with Crippen molar-refractivity contribution in [3.63, 3.8) is 0 Å². The number of aryl methyl sites for hydroxylation is 1. The second-order valence-electron chi connectivity index (χ2n) is 7.77. The van der Waals surface area contributed by atoms with E-state index in [0.717, 1.165) is 29.4 Å². The second kappa shape index (κ2) is 5.89. The zero-order chi connectivity index (χ0) is 16.8. The van der Waals surface area contributed by atoms with Gasteiger partial charge in [-0.3, -0.25) is 0 Å². The molecule has 2 fully saturated rings. The lowest BCUT2D eigenvalue weighted by atomic mass is 9.76. The van der Waals surface area contributed by atoms with Crippen molar-refractivity contribution in [2.75, 3.05) is 6.61 Å². The Labute approximate surface area is 139 Å². The highest BCUT2D eigenvalue weighted by atomic mass is 16.7. The normalized spacial score (nSPS) is 29.7. The lowest BCUT2D eigenvalue weighted by Crippen LogP contribution is -2.41. The van der Waals surface area contributed by atoms with Gasteiger partial charge >= 0.3 is 7.12 Å². The zero-order valence-electron chi connectivity index (χ0n) is 14.8. The molecule has 1 aromatic rings. The van der Waals surface area contributed by atoms with Gasteiger partial charge in [-0.25, -0.2) is 0 Å². The Balaban J connectivity index is 1.90.